The normalized spacial score (nSPS) is 30.8. The number of anilines is 1. The first kappa shape index (κ1) is 24.0. The fraction of sp³-hybridized carbons (Fsp3) is 0.412. The number of alkyl halides is 4. The fourth-order valence-corrected chi connectivity index (χ4v) is 5.09. The molecule has 1 aromatic heterocycles. The number of hydrogen-bond acceptors (Lipinski definition) is 9. The van der Waals surface area contributed by atoms with Gasteiger partial charge in [-0.15, -0.1) is 0 Å². The lowest BCUT2D eigenvalue weighted by molar-refractivity contribution is -0.193. The molecule has 2 aliphatic heterocycles. The lowest BCUT2D eigenvalue weighted by atomic mass is 9.96. The maximum absolute atomic E-state index is 14.8. The minimum atomic E-state index is -4.50. The number of hydrogen-bond donors (Lipinski definition) is 2. The molecule has 0 saturated carbocycles. The van der Waals surface area contributed by atoms with Crippen molar-refractivity contribution >= 4 is 24.3 Å². The molecule has 16 heteroatoms. The Hall–Kier alpha value is -2.16. The van der Waals surface area contributed by atoms with Crippen molar-refractivity contribution in [2.45, 2.75) is 36.9 Å². The standard InChI is InChI=1S/C17H15F5N3O6PS/c18-9-5-25(15(27)24-11(9)23)14-17(21,22)12(26)16(30-14,13(19)20)7-29-32(33)28-6-8-3-1-2-4-10(8)31-32/h1-5,12-14,26H,6-7H2,(H2,23,24,27)/t12-,14+,16+,32?/m0/s1. The first-order valence-electron chi connectivity index (χ1n) is 9.12. The Balaban J connectivity index is 1.64. The average molecular weight is 515 g/mol. The fourth-order valence-electron chi connectivity index (χ4n) is 3.28. The molecule has 0 aliphatic carbocycles. The van der Waals surface area contributed by atoms with Gasteiger partial charge in [0, 0.05) is 17.4 Å². The number of nitrogen functional groups attached to an aromatic ring is 1. The van der Waals surface area contributed by atoms with Crippen molar-refractivity contribution in [3.05, 3.63) is 52.3 Å². The van der Waals surface area contributed by atoms with E-state index in [1.165, 1.54) is 6.07 Å². The number of aromatic nitrogens is 2. The third-order valence-corrected chi connectivity index (χ3v) is 7.22. The van der Waals surface area contributed by atoms with Crippen molar-refractivity contribution < 1.29 is 45.4 Å². The van der Waals surface area contributed by atoms with Crippen molar-refractivity contribution in [1.82, 2.24) is 9.55 Å². The Bertz CT molecular complexity index is 1190. The summed E-state index contributed by atoms with van der Waals surface area (Å²) in [6.45, 7) is -5.24. The molecule has 1 aromatic carbocycles. The Kier molecular flexibility index (Phi) is 6.00. The molecule has 3 N–H and O–H groups in total. The summed E-state index contributed by atoms with van der Waals surface area (Å²) in [4.78, 5) is 15.0. The average Bonchev–Trinajstić information content (AvgIpc) is 2.96. The molecule has 3 heterocycles. The molecule has 9 nitrogen and oxygen atoms in total. The van der Waals surface area contributed by atoms with Crippen molar-refractivity contribution in [2.75, 3.05) is 12.3 Å². The van der Waals surface area contributed by atoms with Gasteiger partial charge in [0.15, 0.2) is 23.3 Å². The summed E-state index contributed by atoms with van der Waals surface area (Å²) in [7, 11) is 0. The lowest BCUT2D eigenvalue weighted by Gasteiger charge is -2.34. The van der Waals surface area contributed by atoms with Gasteiger partial charge < -0.3 is 20.1 Å². The van der Waals surface area contributed by atoms with Crippen LogP contribution in [0.1, 0.15) is 11.8 Å². The van der Waals surface area contributed by atoms with Crippen LogP contribution < -0.4 is 15.9 Å². The Morgan fingerprint density at radius 1 is 1.39 bits per heavy atom. The quantitative estimate of drug-likeness (QED) is 0.457. The van der Waals surface area contributed by atoms with E-state index >= 15 is 0 Å². The van der Waals surface area contributed by atoms with Gasteiger partial charge in [0.05, 0.1) is 19.4 Å². The van der Waals surface area contributed by atoms with Gasteiger partial charge in [-0.05, 0) is 6.07 Å². The zero-order valence-corrected chi connectivity index (χ0v) is 17.9. The molecule has 4 rings (SSSR count). The van der Waals surface area contributed by atoms with Crippen LogP contribution in [0.15, 0.2) is 35.3 Å². The summed E-state index contributed by atoms with van der Waals surface area (Å²) in [5, 5.41) is 10.2. The van der Waals surface area contributed by atoms with E-state index in [9.17, 15) is 31.9 Å². The summed E-state index contributed by atoms with van der Waals surface area (Å²) in [6.07, 6.45) is -9.59. The molecule has 1 saturated heterocycles. The zero-order chi connectivity index (χ0) is 24.2. The van der Waals surface area contributed by atoms with Crippen LogP contribution in [-0.2, 0) is 32.2 Å². The van der Waals surface area contributed by atoms with Crippen LogP contribution in [-0.4, -0.2) is 45.3 Å². The number of ether oxygens (including phenoxy) is 1. The molecule has 0 spiro atoms. The Morgan fingerprint density at radius 2 is 2.09 bits per heavy atom. The molecule has 1 unspecified atom stereocenters. The monoisotopic (exact) mass is 515 g/mol. The summed E-state index contributed by atoms with van der Waals surface area (Å²) in [6, 6.07) is 6.47. The smallest absolute Gasteiger partial charge is 0.381 e. The third kappa shape index (κ3) is 4.02. The van der Waals surface area contributed by atoms with E-state index in [0.29, 0.717) is 5.56 Å². The number of aliphatic hydroxyl groups is 1. The van der Waals surface area contributed by atoms with Crippen LogP contribution in [0.2, 0.25) is 0 Å². The van der Waals surface area contributed by atoms with Crippen molar-refractivity contribution in [1.29, 1.82) is 0 Å². The zero-order valence-electron chi connectivity index (χ0n) is 16.2. The molecule has 0 radical (unpaired) electrons. The first-order chi connectivity index (χ1) is 15.4. The summed E-state index contributed by atoms with van der Waals surface area (Å²) < 4.78 is 92.1. The predicted octanol–water partition coefficient (Wildman–Crippen LogP) is 2.34. The summed E-state index contributed by atoms with van der Waals surface area (Å²) in [5.74, 6) is -6.52. The highest BCUT2D eigenvalue weighted by Crippen LogP contribution is 2.57. The van der Waals surface area contributed by atoms with E-state index in [1.807, 2.05) is 0 Å². The topological polar surface area (TPSA) is 118 Å². The number of nitrogens with two attached hydrogens (primary N) is 1. The molecule has 0 amide bonds. The number of nitrogens with zero attached hydrogens (tertiary/aromatic N) is 2. The van der Waals surface area contributed by atoms with Crippen LogP contribution in [0.25, 0.3) is 0 Å². The third-order valence-electron chi connectivity index (χ3n) is 5.05. The molecule has 4 atom stereocenters. The van der Waals surface area contributed by atoms with E-state index < -0.39 is 60.9 Å². The van der Waals surface area contributed by atoms with Crippen LogP contribution >= 0.6 is 6.72 Å². The van der Waals surface area contributed by atoms with E-state index in [-0.39, 0.29) is 23.1 Å². The first-order valence-corrected chi connectivity index (χ1v) is 11.7. The van der Waals surface area contributed by atoms with Gasteiger partial charge in [0.1, 0.15) is 5.75 Å². The van der Waals surface area contributed by atoms with E-state index in [0.717, 1.165) is 0 Å². The van der Waals surface area contributed by atoms with Gasteiger partial charge >= 0.3 is 18.3 Å². The van der Waals surface area contributed by atoms with Crippen LogP contribution in [0.4, 0.5) is 27.8 Å². The minimum Gasteiger partial charge on any atom is -0.424 e. The van der Waals surface area contributed by atoms with Gasteiger partial charge in [-0.2, -0.15) is 13.8 Å². The lowest BCUT2D eigenvalue weighted by Crippen LogP contribution is -2.54. The van der Waals surface area contributed by atoms with Gasteiger partial charge in [0.25, 0.3) is 6.43 Å². The van der Waals surface area contributed by atoms with Gasteiger partial charge in [-0.25, -0.2) is 18.0 Å². The van der Waals surface area contributed by atoms with Crippen LogP contribution in [0, 0.1) is 5.82 Å². The number of halogens is 5. The van der Waals surface area contributed by atoms with Crippen LogP contribution in [0.3, 0.4) is 0 Å². The van der Waals surface area contributed by atoms with E-state index in [2.05, 4.69) is 4.98 Å². The van der Waals surface area contributed by atoms with E-state index in [1.54, 1.807) is 18.2 Å². The Labute approximate surface area is 187 Å². The van der Waals surface area contributed by atoms with Gasteiger partial charge in [-0.1, -0.05) is 18.2 Å². The highest BCUT2D eigenvalue weighted by Gasteiger charge is 2.71. The number of rotatable bonds is 5. The second-order valence-corrected chi connectivity index (χ2v) is 10.1. The summed E-state index contributed by atoms with van der Waals surface area (Å²) >= 11 is 5.12. The Morgan fingerprint density at radius 3 is 2.79 bits per heavy atom. The largest absolute Gasteiger partial charge is 0.424 e. The van der Waals surface area contributed by atoms with Crippen molar-refractivity contribution in [3.63, 3.8) is 0 Å². The van der Waals surface area contributed by atoms with Crippen molar-refractivity contribution in [2.24, 2.45) is 0 Å². The number of para-hydroxylation sites is 1. The molecule has 2 aromatic rings. The number of benzene rings is 1. The highest BCUT2D eigenvalue weighted by molar-refractivity contribution is 8.07. The second kappa shape index (κ2) is 8.25. The predicted molar refractivity (Wildman–Crippen MR) is 105 cm³/mol. The van der Waals surface area contributed by atoms with Crippen LogP contribution in [0.5, 0.6) is 5.75 Å². The van der Waals surface area contributed by atoms with Crippen molar-refractivity contribution in [3.8, 4) is 5.75 Å². The molecule has 33 heavy (non-hydrogen) atoms. The number of fused-ring (bicyclic) bond motifs is 1. The second-order valence-electron chi connectivity index (χ2n) is 7.16. The molecular formula is C17H15F5N3O6PS. The maximum atomic E-state index is 14.8. The highest BCUT2D eigenvalue weighted by atomic mass is 32.5. The molecule has 0 bridgehead atoms. The maximum Gasteiger partial charge on any atom is 0.381 e. The minimum absolute atomic E-state index is 0.0818. The van der Waals surface area contributed by atoms with Gasteiger partial charge in [0.2, 0.25) is 6.23 Å². The SMILES string of the molecule is Nc1nc(=O)n([C@@H]2O[C@@](COP3(=S)OCc4ccccc4O3)(C(F)F)[C@H](O)C2(F)F)cc1F. The number of aliphatic hydroxyl groups excluding tert-OH is 1. The van der Waals surface area contributed by atoms with Gasteiger partial charge in [-0.3, -0.25) is 13.6 Å². The van der Waals surface area contributed by atoms with E-state index in [4.69, 9.17) is 35.8 Å². The molecule has 2 aliphatic rings. The molecule has 180 valence electrons. The molecule has 1 fully saturated rings. The molecular weight excluding hydrogens is 500 g/mol. The summed E-state index contributed by atoms with van der Waals surface area (Å²) in [5.41, 5.74) is 0.811.